The second-order valence-corrected chi connectivity index (χ2v) is 5.16. The SMILES string of the molecule is Nc1ncnc2c1ncn2[C@H]1[C@H](O)[C@@H]2O[C@]2(CO)[C@@H]1O. The third-order valence-corrected chi connectivity index (χ3v) is 4.21. The first-order valence-electron chi connectivity index (χ1n) is 6.18. The van der Waals surface area contributed by atoms with Crippen LogP contribution in [0.3, 0.4) is 0 Å². The quantitative estimate of drug-likeness (QED) is 0.454. The Hall–Kier alpha value is -1.81. The molecule has 4 rings (SSSR count). The number of aromatic nitrogens is 4. The Bertz CT molecular complexity index is 691. The van der Waals surface area contributed by atoms with Gasteiger partial charge in [-0.25, -0.2) is 15.0 Å². The van der Waals surface area contributed by atoms with E-state index >= 15 is 0 Å². The Morgan fingerprint density at radius 2 is 2.15 bits per heavy atom. The van der Waals surface area contributed by atoms with Gasteiger partial charge in [-0.05, 0) is 0 Å². The van der Waals surface area contributed by atoms with Crippen molar-refractivity contribution >= 4 is 17.0 Å². The molecule has 2 aromatic heterocycles. The maximum absolute atomic E-state index is 10.4. The molecule has 9 heteroatoms. The molecule has 0 unspecified atom stereocenters. The van der Waals surface area contributed by atoms with E-state index in [4.69, 9.17) is 10.5 Å². The normalized spacial score (nSPS) is 39.1. The molecule has 1 saturated heterocycles. The highest BCUT2D eigenvalue weighted by atomic mass is 16.6. The van der Waals surface area contributed by atoms with E-state index in [1.165, 1.54) is 12.7 Å². The summed E-state index contributed by atoms with van der Waals surface area (Å²) in [5.41, 5.74) is 5.46. The summed E-state index contributed by atoms with van der Waals surface area (Å²) in [7, 11) is 0. The molecule has 0 spiro atoms. The van der Waals surface area contributed by atoms with E-state index in [9.17, 15) is 15.3 Å². The van der Waals surface area contributed by atoms with Crippen LogP contribution in [0.25, 0.3) is 11.2 Å². The topological polar surface area (TPSA) is 143 Å². The Kier molecular flexibility index (Phi) is 2.18. The van der Waals surface area contributed by atoms with Gasteiger partial charge in [0.25, 0.3) is 0 Å². The fourth-order valence-electron chi connectivity index (χ4n) is 3.08. The minimum atomic E-state index is -1.08. The van der Waals surface area contributed by atoms with Gasteiger partial charge in [0, 0.05) is 0 Å². The van der Waals surface area contributed by atoms with Gasteiger partial charge in [-0.3, -0.25) is 0 Å². The first-order chi connectivity index (χ1) is 9.60. The molecule has 9 nitrogen and oxygen atoms in total. The summed E-state index contributed by atoms with van der Waals surface area (Å²) in [6.45, 7) is -0.351. The lowest BCUT2D eigenvalue weighted by Gasteiger charge is -2.25. The van der Waals surface area contributed by atoms with Crippen molar-refractivity contribution in [3.8, 4) is 0 Å². The van der Waals surface area contributed by atoms with Crippen molar-refractivity contribution in [1.82, 2.24) is 19.5 Å². The number of ether oxygens (including phenoxy) is 1. The van der Waals surface area contributed by atoms with Gasteiger partial charge in [-0.15, -0.1) is 0 Å². The molecular weight excluding hydrogens is 266 g/mol. The van der Waals surface area contributed by atoms with Gasteiger partial charge in [0.2, 0.25) is 0 Å². The summed E-state index contributed by atoms with van der Waals surface area (Å²) in [6, 6.07) is -0.694. The predicted molar refractivity (Wildman–Crippen MR) is 65.5 cm³/mol. The molecule has 2 fully saturated rings. The summed E-state index contributed by atoms with van der Waals surface area (Å²) in [4.78, 5) is 12.0. The van der Waals surface area contributed by atoms with Gasteiger partial charge in [0.15, 0.2) is 11.5 Å². The molecule has 2 aromatic rings. The summed E-state index contributed by atoms with van der Waals surface area (Å²) < 4.78 is 6.79. The largest absolute Gasteiger partial charge is 0.393 e. The van der Waals surface area contributed by atoms with E-state index in [-0.39, 0.29) is 12.4 Å². The van der Waals surface area contributed by atoms with Crippen molar-refractivity contribution in [1.29, 1.82) is 0 Å². The lowest BCUT2D eigenvalue weighted by molar-refractivity contribution is -0.0346. The zero-order valence-electron chi connectivity index (χ0n) is 10.3. The van der Waals surface area contributed by atoms with Crippen LogP contribution >= 0.6 is 0 Å². The van der Waals surface area contributed by atoms with Crippen LogP contribution in [0.2, 0.25) is 0 Å². The van der Waals surface area contributed by atoms with Crippen molar-refractivity contribution < 1.29 is 20.1 Å². The zero-order valence-corrected chi connectivity index (χ0v) is 10.3. The number of aliphatic hydroxyl groups excluding tert-OH is 3. The molecule has 1 saturated carbocycles. The number of anilines is 1. The second kappa shape index (κ2) is 3.64. The third kappa shape index (κ3) is 1.23. The monoisotopic (exact) mass is 279 g/mol. The van der Waals surface area contributed by atoms with Crippen molar-refractivity contribution in [2.45, 2.75) is 30.0 Å². The molecule has 1 aliphatic carbocycles. The first kappa shape index (κ1) is 12.0. The highest BCUT2D eigenvalue weighted by molar-refractivity contribution is 5.81. The van der Waals surface area contributed by atoms with E-state index in [1.807, 2.05) is 0 Å². The number of aliphatic hydroxyl groups is 3. The maximum Gasteiger partial charge on any atom is 0.165 e. The van der Waals surface area contributed by atoms with Gasteiger partial charge in [-0.1, -0.05) is 0 Å². The zero-order chi connectivity index (χ0) is 14.1. The fraction of sp³-hybridized carbons (Fsp3) is 0.545. The number of rotatable bonds is 2. The fourth-order valence-corrected chi connectivity index (χ4v) is 3.08. The first-order valence-corrected chi connectivity index (χ1v) is 6.18. The lowest BCUT2D eigenvalue weighted by Crippen LogP contribution is -2.38. The molecule has 5 atom stereocenters. The Morgan fingerprint density at radius 1 is 1.35 bits per heavy atom. The van der Waals surface area contributed by atoms with Crippen molar-refractivity contribution in [2.24, 2.45) is 0 Å². The molecule has 3 heterocycles. The van der Waals surface area contributed by atoms with Gasteiger partial charge in [0.1, 0.15) is 35.8 Å². The van der Waals surface area contributed by atoms with Crippen LogP contribution in [-0.4, -0.2) is 65.4 Å². The standard InChI is InChI=1S/C11H13N5O4/c12-9-4-10(14-2-13-9)16(3-15-4)5-6(18)8-11(1-17,20-8)7(5)19/h2-3,5-8,17-19H,1H2,(H2,12,13,14)/t5-,6-,7+,8-,11+/m0/s1. The minimum absolute atomic E-state index is 0.231. The average molecular weight is 279 g/mol. The molecule has 0 amide bonds. The van der Waals surface area contributed by atoms with Crippen molar-refractivity contribution in [3.63, 3.8) is 0 Å². The number of nitrogens with zero attached hydrogens (tertiary/aromatic N) is 4. The van der Waals surface area contributed by atoms with Crippen LogP contribution in [0.5, 0.6) is 0 Å². The molecular formula is C11H13N5O4. The third-order valence-electron chi connectivity index (χ3n) is 4.21. The maximum atomic E-state index is 10.4. The van der Waals surface area contributed by atoms with Crippen LogP contribution in [-0.2, 0) is 4.74 Å². The Balaban J connectivity index is 1.83. The smallest absolute Gasteiger partial charge is 0.165 e. The second-order valence-electron chi connectivity index (χ2n) is 5.16. The number of fused-ring (bicyclic) bond motifs is 2. The lowest BCUT2D eigenvalue weighted by atomic mass is 10.0. The van der Waals surface area contributed by atoms with E-state index in [2.05, 4.69) is 15.0 Å². The van der Waals surface area contributed by atoms with Gasteiger partial charge in [0.05, 0.1) is 19.0 Å². The number of epoxide rings is 1. The van der Waals surface area contributed by atoms with E-state index in [1.54, 1.807) is 4.57 Å². The predicted octanol–water partition coefficient (Wildman–Crippen LogP) is -2.19. The molecule has 20 heavy (non-hydrogen) atoms. The van der Waals surface area contributed by atoms with Gasteiger partial charge < -0.3 is 30.4 Å². The van der Waals surface area contributed by atoms with Crippen LogP contribution in [0.1, 0.15) is 6.04 Å². The number of imidazole rings is 1. The van der Waals surface area contributed by atoms with Gasteiger partial charge in [-0.2, -0.15) is 0 Å². The minimum Gasteiger partial charge on any atom is -0.393 e. The molecule has 106 valence electrons. The molecule has 5 N–H and O–H groups in total. The summed E-state index contributed by atoms with van der Waals surface area (Å²) >= 11 is 0. The van der Waals surface area contributed by atoms with Crippen LogP contribution in [0.15, 0.2) is 12.7 Å². The van der Waals surface area contributed by atoms with Crippen LogP contribution in [0, 0.1) is 0 Å². The highest BCUT2D eigenvalue weighted by Crippen LogP contribution is 2.54. The summed E-state index contributed by atoms with van der Waals surface area (Å²) in [5, 5.41) is 30.0. The molecule has 1 aliphatic heterocycles. The average Bonchev–Trinajstić information content (AvgIpc) is 2.99. The van der Waals surface area contributed by atoms with Gasteiger partial charge >= 0.3 is 0 Å². The van der Waals surface area contributed by atoms with E-state index < -0.39 is 30.0 Å². The van der Waals surface area contributed by atoms with Crippen LogP contribution < -0.4 is 5.73 Å². The molecule has 0 radical (unpaired) electrons. The number of hydrogen-bond donors (Lipinski definition) is 4. The molecule has 0 bridgehead atoms. The number of nitrogen functional groups attached to an aromatic ring is 1. The van der Waals surface area contributed by atoms with E-state index in [0.717, 1.165) is 0 Å². The van der Waals surface area contributed by atoms with E-state index in [0.29, 0.717) is 11.2 Å². The number of nitrogens with two attached hydrogens (primary N) is 1. The highest BCUT2D eigenvalue weighted by Gasteiger charge is 2.74. The summed E-state index contributed by atoms with van der Waals surface area (Å²) in [5.74, 6) is 0.231. The number of hydrogen-bond acceptors (Lipinski definition) is 8. The summed E-state index contributed by atoms with van der Waals surface area (Å²) in [6.07, 6.45) is 0.154. The molecule has 2 aliphatic rings. The van der Waals surface area contributed by atoms with Crippen LogP contribution in [0.4, 0.5) is 5.82 Å². The molecule has 0 aromatic carbocycles. The Labute approximate surface area is 112 Å². The Morgan fingerprint density at radius 3 is 2.85 bits per heavy atom. The van der Waals surface area contributed by atoms with Crippen molar-refractivity contribution in [3.05, 3.63) is 12.7 Å². The van der Waals surface area contributed by atoms with Crippen molar-refractivity contribution in [2.75, 3.05) is 12.3 Å².